The Morgan fingerprint density at radius 2 is 2.50 bits per heavy atom. The summed E-state index contributed by atoms with van der Waals surface area (Å²) in [4.78, 5) is 22.0. The van der Waals surface area contributed by atoms with Crippen LogP contribution < -0.4 is 0 Å². The molecule has 1 aromatic heterocycles. The lowest BCUT2D eigenvalue weighted by atomic mass is 10.3. The molecule has 0 aromatic carbocycles. The van der Waals surface area contributed by atoms with Crippen LogP contribution in [0.1, 0.15) is 10.1 Å². The van der Waals surface area contributed by atoms with E-state index in [9.17, 15) is 14.9 Å². The van der Waals surface area contributed by atoms with Gasteiger partial charge in [0, 0.05) is 9.80 Å². The number of nitro groups is 1. The van der Waals surface area contributed by atoms with Gasteiger partial charge >= 0.3 is 5.97 Å². The van der Waals surface area contributed by atoms with Gasteiger partial charge in [-0.1, -0.05) is 6.07 Å². The maximum absolute atomic E-state index is 11.0. The third-order valence-corrected chi connectivity index (χ3v) is 4.15. The monoisotopic (exact) mass is 261 g/mol. The Bertz CT molecular complexity index is 352. The second-order valence-electron chi connectivity index (χ2n) is 2.91. The summed E-state index contributed by atoms with van der Waals surface area (Å²) in [7, 11) is 1.30. The zero-order valence-corrected chi connectivity index (χ0v) is 10.3. The van der Waals surface area contributed by atoms with E-state index < -0.39 is 0 Å². The molecule has 0 saturated carbocycles. The Labute approximate surface area is 101 Å². The van der Waals surface area contributed by atoms with Crippen molar-refractivity contribution in [3.8, 4) is 0 Å². The van der Waals surface area contributed by atoms with Crippen LogP contribution in [0.4, 0.5) is 0 Å². The van der Waals surface area contributed by atoms with Crippen molar-refractivity contribution in [1.82, 2.24) is 0 Å². The van der Waals surface area contributed by atoms with Crippen molar-refractivity contribution in [2.75, 3.05) is 19.4 Å². The van der Waals surface area contributed by atoms with Crippen LogP contribution >= 0.6 is 23.1 Å². The number of hydrogen-bond donors (Lipinski definition) is 0. The van der Waals surface area contributed by atoms with E-state index in [1.54, 1.807) is 0 Å². The van der Waals surface area contributed by atoms with Gasteiger partial charge in [0.15, 0.2) is 0 Å². The maximum Gasteiger partial charge on any atom is 0.315 e. The van der Waals surface area contributed by atoms with Gasteiger partial charge in [-0.15, -0.1) is 23.1 Å². The van der Waals surface area contributed by atoms with Gasteiger partial charge in [0.05, 0.1) is 12.9 Å². The predicted octanol–water partition coefficient (Wildman–Crippen LogP) is 1.97. The third kappa shape index (κ3) is 4.19. The molecule has 0 aliphatic rings. The number of thioether (sulfide) groups is 1. The Balaban J connectivity index is 2.58. The maximum atomic E-state index is 11.0. The Hall–Kier alpha value is -1.08. The number of rotatable bonds is 6. The first-order valence-corrected chi connectivity index (χ1v) is 6.40. The fourth-order valence-corrected chi connectivity index (χ4v) is 3.06. The van der Waals surface area contributed by atoms with Crippen LogP contribution in [0.2, 0.25) is 0 Å². The van der Waals surface area contributed by atoms with Gasteiger partial charge in [-0.25, -0.2) is 0 Å². The zero-order chi connectivity index (χ0) is 12.0. The normalized spacial score (nSPS) is 12.1. The summed E-state index contributed by atoms with van der Waals surface area (Å²) in [5, 5.41) is 12.1. The van der Waals surface area contributed by atoms with E-state index in [1.165, 1.54) is 30.2 Å². The van der Waals surface area contributed by atoms with E-state index in [1.807, 2.05) is 17.5 Å². The Kier molecular flexibility index (Phi) is 5.27. The second kappa shape index (κ2) is 6.49. The largest absolute Gasteiger partial charge is 0.468 e. The number of thiophene rings is 1. The van der Waals surface area contributed by atoms with Gasteiger partial charge in [0.2, 0.25) is 6.54 Å². The van der Waals surface area contributed by atoms with Crippen LogP contribution in [0.25, 0.3) is 0 Å². The average molecular weight is 261 g/mol. The Morgan fingerprint density at radius 3 is 3.00 bits per heavy atom. The molecule has 0 aliphatic carbocycles. The van der Waals surface area contributed by atoms with Crippen molar-refractivity contribution < 1.29 is 14.5 Å². The molecule has 7 heteroatoms. The van der Waals surface area contributed by atoms with Crippen molar-refractivity contribution in [2.24, 2.45) is 0 Å². The molecule has 0 spiro atoms. The standard InChI is InChI=1S/C9H11NO4S2/c1-14-9(11)6-16-8(5-10(12)13)7-3-2-4-15-7/h2-4,8H,5-6H2,1H3/t8-/m0/s1. The molecule has 5 nitrogen and oxygen atoms in total. The number of esters is 1. The van der Waals surface area contributed by atoms with Crippen LogP contribution in [0.15, 0.2) is 17.5 Å². The van der Waals surface area contributed by atoms with Crippen molar-refractivity contribution in [3.05, 3.63) is 32.5 Å². The minimum Gasteiger partial charge on any atom is -0.468 e. The summed E-state index contributed by atoms with van der Waals surface area (Å²) in [6.07, 6.45) is 0. The number of carbonyl (C=O) groups is 1. The van der Waals surface area contributed by atoms with Crippen LogP contribution in [0.5, 0.6) is 0 Å². The van der Waals surface area contributed by atoms with Crippen LogP contribution in [0, 0.1) is 10.1 Å². The molecule has 0 fully saturated rings. The highest BCUT2D eigenvalue weighted by Crippen LogP contribution is 2.32. The highest BCUT2D eigenvalue weighted by atomic mass is 32.2. The molecule has 0 aliphatic heterocycles. The summed E-state index contributed by atoms with van der Waals surface area (Å²) in [6, 6.07) is 3.68. The molecular weight excluding hydrogens is 250 g/mol. The van der Waals surface area contributed by atoms with Gasteiger partial charge in [0.1, 0.15) is 5.25 Å². The van der Waals surface area contributed by atoms with Crippen LogP contribution in [-0.4, -0.2) is 30.3 Å². The number of hydrogen-bond acceptors (Lipinski definition) is 6. The van der Waals surface area contributed by atoms with Gasteiger partial charge in [0.25, 0.3) is 0 Å². The minimum absolute atomic E-state index is 0.132. The molecule has 88 valence electrons. The summed E-state index contributed by atoms with van der Waals surface area (Å²) >= 11 is 2.69. The van der Waals surface area contributed by atoms with E-state index in [2.05, 4.69) is 4.74 Å². The van der Waals surface area contributed by atoms with Crippen molar-refractivity contribution in [1.29, 1.82) is 0 Å². The number of methoxy groups -OCH3 is 1. The van der Waals surface area contributed by atoms with E-state index in [0.29, 0.717) is 0 Å². The second-order valence-corrected chi connectivity index (χ2v) is 5.08. The first kappa shape index (κ1) is 13.0. The van der Waals surface area contributed by atoms with Crippen LogP contribution in [0.3, 0.4) is 0 Å². The SMILES string of the molecule is COC(=O)CS[C@@H](C[N+](=O)[O-])c1cccs1. The molecule has 0 bridgehead atoms. The molecule has 1 atom stereocenters. The predicted molar refractivity (Wildman–Crippen MR) is 63.4 cm³/mol. The lowest BCUT2D eigenvalue weighted by molar-refractivity contribution is -0.479. The highest BCUT2D eigenvalue weighted by Gasteiger charge is 2.20. The van der Waals surface area contributed by atoms with E-state index >= 15 is 0 Å². The number of nitrogens with zero attached hydrogens (tertiary/aromatic N) is 1. The van der Waals surface area contributed by atoms with Crippen molar-refractivity contribution >= 4 is 29.1 Å². The molecule has 1 heterocycles. The van der Waals surface area contributed by atoms with E-state index in [-0.39, 0.29) is 28.4 Å². The first-order chi connectivity index (χ1) is 7.63. The minimum atomic E-state index is -0.366. The molecule has 0 N–H and O–H groups in total. The van der Waals surface area contributed by atoms with E-state index in [0.717, 1.165) is 4.88 Å². The topological polar surface area (TPSA) is 69.4 Å². The molecule has 0 unspecified atom stereocenters. The number of carbonyl (C=O) groups excluding carboxylic acids is 1. The fourth-order valence-electron chi connectivity index (χ4n) is 1.06. The molecule has 0 radical (unpaired) electrons. The smallest absolute Gasteiger partial charge is 0.315 e. The molecule has 1 rings (SSSR count). The summed E-state index contributed by atoms with van der Waals surface area (Å²) in [6.45, 7) is -0.178. The van der Waals surface area contributed by atoms with Crippen LogP contribution in [-0.2, 0) is 9.53 Å². The van der Waals surface area contributed by atoms with Gasteiger partial charge in [-0.2, -0.15) is 0 Å². The first-order valence-electron chi connectivity index (χ1n) is 4.47. The Morgan fingerprint density at radius 1 is 1.75 bits per heavy atom. The summed E-state index contributed by atoms with van der Waals surface area (Å²) in [5.74, 6) is -0.234. The lowest BCUT2D eigenvalue weighted by Crippen LogP contribution is -2.12. The quantitative estimate of drug-likeness (QED) is 0.445. The third-order valence-electron chi connectivity index (χ3n) is 1.81. The zero-order valence-electron chi connectivity index (χ0n) is 8.62. The van der Waals surface area contributed by atoms with E-state index in [4.69, 9.17) is 0 Å². The molecule has 0 saturated heterocycles. The molecule has 16 heavy (non-hydrogen) atoms. The molecular formula is C9H11NO4S2. The fraction of sp³-hybridized carbons (Fsp3) is 0.444. The van der Waals surface area contributed by atoms with Crippen molar-refractivity contribution in [2.45, 2.75) is 5.25 Å². The van der Waals surface area contributed by atoms with Gasteiger partial charge in [-0.3, -0.25) is 14.9 Å². The highest BCUT2D eigenvalue weighted by molar-refractivity contribution is 8.00. The van der Waals surface area contributed by atoms with Crippen molar-refractivity contribution in [3.63, 3.8) is 0 Å². The molecule has 1 aromatic rings. The lowest BCUT2D eigenvalue weighted by Gasteiger charge is -2.09. The summed E-state index contributed by atoms with van der Waals surface area (Å²) < 4.78 is 4.50. The summed E-state index contributed by atoms with van der Waals surface area (Å²) in [5.41, 5.74) is 0. The van der Waals surface area contributed by atoms with Gasteiger partial charge in [-0.05, 0) is 11.4 Å². The number of ether oxygens (including phenoxy) is 1. The average Bonchev–Trinajstić information content (AvgIpc) is 2.76. The van der Waals surface area contributed by atoms with Gasteiger partial charge < -0.3 is 4.74 Å². The molecule has 0 amide bonds.